The largest absolute Gasteiger partial charge is 0.331 e. The first-order valence-electron chi connectivity index (χ1n) is 8.88. The summed E-state index contributed by atoms with van der Waals surface area (Å²) >= 11 is 0. The summed E-state index contributed by atoms with van der Waals surface area (Å²) in [6.07, 6.45) is 9.33. The number of nitrogens with zero attached hydrogens (tertiary/aromatic N) is 3. The Morgan fingerprint density at radius 2 is 1.57 bits per heavy atom. The van der Waals surface area contributed by atoms with Crippen molar-refractivity contribution >= 4 is 18.5 Å². The number of hydrogen-bond acceptors (Lipinski definition) is 2. The van der Waals surface area contributed by atoms with E-state index >= 15 is 0 Å². The molecular weight excluding hydrogens is 373 g/mol. The molecule has 0 amide bonds. The summed E-state index contributed by atoms with van der Waals surface area (Å²) in [5, 5.41) is 1.10. The molecule has 3 aromatic heterocycles. The van der Waals surface area contributed by atoms with Gasteiger partial charge < -0.3 is 9.79 Å². The fourth-order valence-corrected chi connectivity index (χ4v) is 3.55. The second-order valence-electron chi connectivity index (χ2n) is 6.59. The summed E-state index contributed by atoms with van der Waals surface area (Å²) in [7, 11) is -3.98. The van der Waals surface area contributed by atoms with Gasteiger partial charge in [-0.2, -0.15) is 4.57 Å². The van der Waals surface area contributed by atoms with Crippen LogP contribution < -0.4 is 9.13 Å². The van der Waals surface area contributed by atoms with E-state index < -0.39 is 7.60 Å². The summed E-state index contributed by atoms with van der Waals surface area (Å²) < 4.78 is 14.8. The van der Waals surface area contributed by atoms with Crippen LogP contribution in [0.1, 0.15) is 0 Å². The summed E-state index contributed by atoms with van der Waals surface area (Å²) in [5.41, 5.74) is 4.15. The molecule has 0 fully saturated rings. The normalized spacial score (nSPS) is 11.6. The standard InChI is InChI=1S/C21H18N3O3P/c25-28(26,27)15-14-23-10-5-17(6-11-23)18-7-12-24(13-8-18)20-3-4-21-19(16-20)2-1-9-22-21/h1-13,16H,14-15H2/p+2. The van der Waals surface area contributed by atoms with Crippen LogP contribution >= 0.6 is 7.60 Å². The van der Waals surface area contributed by atoms with Gasteiger partial charge in [-0.1, -0.05) is 6.07 Å². The van der Waals surface area contributed by atoms with Crippen molar-refractivity contribution < 1.29 is 23.5 Å². The molecule has 0 saturated carbocycles. The average molecular weight is 393 g/mol. The zero-order valence-corrected chi connectivity index (χ0v) is 16.0. The number of aryl methyl sites for hydroxylation is 1. The maximum Gasteiger partial charge on any atom is 0.331 e. The van der Waals surface area contributed by atoms with Crippen LogP contribution in [0.4, 0.5) is 0 Å². The molecule has 140 valence electrons. The van der Waals surface area contributed by atoms with Crippen molar-refractivity contribution in [2.75, 3.05) is 6.16 Å². The van der Waals surface area contributed by atoms with Crippen molar-refractivity contribution in [2.24, 2.45) is 0 Å². The summed E-state index contributed by atoms with van der Waals surface area (Å²) in [4.78, 5) is 22.3. The van der Waals surface area contributed by atoms with Crippen molar-refractivity contribution in [3.63, 3.8) is 0 Å². The van der Waals surface area contributed by atoms with Crippen LogP contribution in [-0.2, 0) is 11.1 Å². The predicted molar refractivity (Wildman–Crippen MR) is 106 cm³/mol. The van der Waals surface area contributed by atoms with Crippen LogP contribution in [0.2, 0.25) is 0 Å². The Hall–Kier alpha value is -2.92. The highest BCUT2D eigenvalue weighted by atomic mass is 31.2. The zero-order valence-electron chi connectivity index (χ0n) is 15.1. The van der Waals surface area contributed by atoms with Crippen molar-refractivity contribution in [1.82, 2.24) is 4.98 Å². The maximum absolute atomic E-state index is 11.0. The molecule has 4 aromatic rings. The van der Waals surface area contributed by atoms with Crippen LogP contribution in [0.25, 0.3) is 27.7 Å². The Balaban J connectivity index is 1.53. The van der Waals surface area contributed by atoms with Crippen molar-refractivity contribution in [2.45, 2.75) is 6.54 Å². The SMILES string of the molecule is O=P(O)(O)CC[n+]1ccc(-c2cc[n+](-c3ccc4ncccc4c3)cc2)cc1. The van der Waals surface area contributed by atoms with Gasteiger partial charge >= 0.3 is 7.60 Å². The molecule has 0 spiro atoms. The highest BCUT2D eigenvalue weighted by Gasteiger charge is 2.16. The molecule has 0 bridgehead atoms. The third kappa shape index (κ3) is 4.31. The molecule has 3 heterocycles. The molecule has 1 aromatic carbocycles. The monoisotopic (exact) mass is 393 g/mol. The van der Waals surface area contributed by atoms with Gasteiger partial charge in [-0.15, -0.1) is 0 Å². The number of pyridine rings is 3. The smallest absolute Gasteiger partial charge is 0.324 e. The molecule has 6 nitrogen and oxygen atoms in total. The summed E-state index contributed by atoms with van der Waals surface area (Å²) in [6.45, 7) is 0.288. The van der Waals surface area contributed by atoms with Crippen LogP contribution in [-0.4, -0.2) is 20.9 Å². The van der Waals surface area contributed by atoms with Gasteiger partial charge in [0.1, 0.15) is 6.16 Å². The van der Waals surface area contributed by atoms with E-state index in [2.05, 4.69) is 15.6 Å². The lowest BCUT2D eigenvalue weighted by Crippen LogP contribution is -2.34. The predicted octanol–water partition coefficient (Wildman–Crippen LogP) is 2.64. The molecule has 4 rings (SSSR count). The molecule has 7 heteroatoms. The highest BCUT2D eigenvalue weighted by Crippen LogP contribution is 2.33. The van der Waals surface area contributed by atoms with E-state index in [1.807, 2.05) is 73.3 Å². The fourth-order valence-electron chi connectivity index (χ4n) is 3.06. The van der Waals surface area contributed by atoms with Crippen LogP contribution in [0.15, 0.2) is 85.6 Å². The number of aromatic nitrogens is 3. The first-order valence-corrected chi connectivity index (χ1v) is 10.7. The molecular formula is C21H20N3O3P+2. The fraction of sp³-hybridized carbons (Fsp3) is 0.0952. The van der Waals surface area contributed by atoms with Gasteiger partial charge in [0.05, 0.1) is 5.52 Å². The third-order valence-corrected chi connectivity index (χ3v) is 5.37. The molecule has 0 unspecified atom stereocenters. The lowest BCUT2D eigenvalue weighted by molar-refractivity contribution is -0.692. The minimum Gasteiger partial charge on any atom is -0.324 e. The van der Waals surface area contributed by atoms with Crippen LogP contribution in [0.5, 0.6) is 0 Å². The summed E-state index contributed by atoms with van der Waals surface area (Å²) in [5.74, 6) is 0. The van der Waals surface area contributed by atoms with Crippen LogP contribution in [0, 0.1) is 0 Å². The lowest BCUT2D eigenvalue weighted by Gasteiger charge is -2.03. The maximum atomic E-state index is 11.0. The molecule has 28 heavy (non-hydrogen) atoms. The molecule has 0 atom stereocenters. The third-order valence-electron chi connectivity index (χ3n) is 4.59. The highest BCUT2D eigenvalue weighted by molar-refractivity contribution is 7.51. The van der Waals surface area contributed by atoms with E-state index in [4.69, 9.17) is 9.79 Å². The van der Waals surface area contributed by atoms with E-state index in [1.165, 1.54) is 0 Å². The van der Waals surface area contributed by atoms with E-state index in [0.717, 1.165) is 27.7 Å². The zero-order chi connectivity index (χ0) is 19.6. The molecule has 0 aliphatic heterocycles. The molecule has 0 aliphatic carbocycles. The average Bonchev–Trinajstić information content (AvgIpc) is 2.72. The Kier molecular flexibility index (Phi) is 5.01. The van der Waals surface area contributed by atoms with Gasteiger partial charge in [-0.25, -0.2) is 4.57 Å². The first kappa shape index (κ1) is 18.4. The summed E-state index contributed by atoms with van der Waals surface area (Å²) in [6, 6.07) is 18.1. The van der Waals surface area contributed by atoms with Gasteiger partial charge in [0.2, 0.25) is 5.69 Å². The van der Waals surface area contributed by atoms with Gasteiger partial charge in [-0.05, 0) is 23.3 Å². The van der Waals surface area contributed by atoms with Crippen molar-refractivity contribution in [3.8, 4) is 16.8 Å². The number of hydrogen-bond donors (Lipinski definition) is 2. The van der Waals surface area contributed by atoms with Gasteiger partial charge in [0.15, 0.2) is 31.3 Å². The minimum absolute atomic E-state index is 0.163. The number of fused-ring (bicyclic) bond motifs is 1. The molecule has 2 N–H and O–H groups in total. The quantitative estimate of drug-likeness (QED) is 0.404. The molecule has 0 aliphatic rings. The molecule has 0 saturated heterocycles. The van der Waals surface area contributed by atoms with E-state index in [-0.39, 0.29) is 12.7 Å². The van der Waals surface area contributed by atoms with Crippen molar-refractivity contribution in [1.29, 1.82) is 0 Å². The van der Waals surface area contributed by atoms with E-state index in [1.54, 1.807) is 10.8 Å². The minimum atomic E-state index is -3.98. The molecule has 0 radical (unpaired) electrons. The van der Waals surface area contributed by atoms with Crippen LogP contribution in [0.3, 0.4) is 0 Å². The van der Waals surface area contributed by atoms with E-state index in [9.17, 15) is 4.57 Å². The topological polar surface area (TPSA) is 78.2 Å². The van der Waals surface area contributed by atoms with Gasteiger partial charge in [0, 0.05) is 48.0 Å². The first-order chi connectivity index (χ1) is 13.5. The van der Waals surface area contributed by atoms with Gasteiger partial charge in [-0.3, -0.25) is 9.55 Å². The Morgan fingerprint density at radius 1 is 0.893 bits per heavy atom. The Bertz CT molecular complexity index is 1160. The number of rotatable bonds is 5. The van der Waals surface area contributed by atoms with Crippen molar-refractivity contribution in [3.05, 3.63) is 85.6 Å². The Labute approximate surface area is 162 Å². The second-order valence-corrected chi connectivity index (χ2v) is 8.36. The second kappa shape index (κ2) is 7.60. The Morgan fingerprint density at radius 3 is 2.25 bits per heavy atom. The lowest BCUT2D eigenvalue weighted by atomic mass is 10.1. The van der Waals surface area contributed by atoms with Gasteiger partial charge in [0.25, 0.3) is 0 Å². The number of benzene rings is 1. The van der Waals surface area contributed by atoms with E-state index in [0.29, 0.717) is 0 Å².